The predicted octanol–water partition coefficient (Wildman–Crippen LogP) is 4.51. The molecule has 0 spiro atoms. The van der Waals surface area contributed by atoms with Crippen molar-refractivity contribution in [2.24, 2.45) is 40.9 Å². The maximum atomic E-state index is 12.9. The fourth-order valence-corrected chi connectivity index (χ4v) is 7.12. The molecule has 5 aliphatic rings. The summed E-state index contributed by atoms with van der Waals surface area (Å²) in [5, 5.41) is 0. The molecule has 5 aliphatic carbocycles. The SMILES string of the molecule is CCC12CCC3C(CC=C4C=C(OC)CC[C@@H]43)C1C1CC1C2=O. The van der Waals surface area contributed by atoms with Gasteiger partial charge in [0.05, 0.1) is 12.9 Å². The van der Waals surface area contributed by atoms with Gasteiger partial charge in [-0.2, -0.15) is 0 Å². The number of rotatable bonds is 2. The summed E-state index contributed by atoms with van der Waals surface area (Å²) in [4.78, 5) is 12.9. The van der Waals surface area contributed by atoms with Gasteiger partial charge in [-0.1, -0.05) is 13.0 Å². The summed E-state index contributed by atoms with van der Waals surface area (Å²) in [7, 11) is 1.80. The van der Waals surface area contributed by atoms with Gasteiger partial charge in [-0.25, -0.2) is 0 Å². The van der Waals surface area contributed by atoms with Crippen molar-refractivity contribution in [1.29, 1.82) is 0 Å². The van der Waals surface area contributed by atoms with E-state index in [9.17, 15) is 4.79 Å². The second-order valence-corrected chi connectivity index (χ2v) is 8.67. The highest BCUT2D eigenvalue weighted by atomic mass is 16.5. The molecule has 0 radical (unpaired) electrons. The first kappa shape index (κ1) is 14.3. The summed E-state index contributed by atoms with van der Waals surface area (Å²) in [5.41, 5.74) is 1.61. The lowest BCUT2D eigenvalue weighted by molar-refractivity contribution is -0.136. The van der Waals surface area contributed by atoms with E-state index in [1.807, 2.05) is 0 Å². The van der Waals surface area contributed by atoms with E-state index in [1.165, 1.54) is 37.7 Å². The minimum absolute atomic E-state index is 0.0717. The maximum Gasteiger partial charge on any atom is 0.142 e. The van der Waals surface area contributed by atoms with E-state index in [1.54, 1.807) is 7.11 Å². The number of hydrogen-bond acceptors (Lipinski definition) is 2. The number of ether oxygens (including phenoxy) is 1. The summed E-state index contributed by atoms with van der Waals surface area (Å²) < 4.78 is 5.49. The second kappa shape index (κ2) is 4.74. The molecule has 23 heavy (non-hydrogen) atoms. The van der Waals surface area contributed by atoms with Crippen LogP contribution in [-0.2, 0) is 9.53 Å². The van der Waals surface area contributed by atoms with Crippen LogP contribution in [0.25, 0.3) is 0 Å². The Morgan fingerprint density at radius 1 is 1.22 bits per heavy atom. The normalized spacial score (nSPS) is 50.1. The molecule has 0 aromatic carbocycles. The molecule has 0 aliphatic heterocycles. The van der Waals surface area contributed by atoms with Crippen molar-refractivity contribution in [3.8, 4) is 0 Å². The largest absolute Gasteiger partial charge is 0.501 e. The molecule has 0 saturated heterocycles. The molecular formula is C21H28O2. The third-order valence-corrected chi connectivity index (χ3v) is 8.19. The van der Waals surface area contributed by atoms with Crippen LogP contribution in [0.1, 0.15) is 51.9 Å². The zero-order valence-corrected chi connectivity index (χ0v) is 14.4. The molecule has 0 amide bonds. The van der Waals surface area contributed by atoms with Crippen molar-refractivity contribution in [2.75, 3.05) is 7.11 Å². The Labute approximate surface area is 139 Å². The van der Waals surface area contributed by atoms with Crippen LogP contribution in [0, 0.1) is 40.9 Å². The Balaban J connectivity index is 1.50. The Hall–Kier alpha value is -1.05. The molecule has 7 atom stereocenters. The van der Waals surface area contributed by atoms with Crippen molar-refractivity contribution in [2.45, 2.75) is 51.9 Å². The molecule has 5 rings (SSSR count). The van der Waals surface area contributed by atoms with Crippen molar-refractivity contribution in [1.82, 2.24) is 0 Å². The molecule has 2 heteroatoms. The van der Waals surface area contributed by atoms with Crippen LogP contribution in [-0.4, -0.2) is 12.9 Å². The molecule has 2 nitrogen and oxygen atoms in total. The van der Waals surface area contributed by atoms with E-state index >= 15 is 0 Å². The van der Waals surface area contributed by atoms with Gasteiger partial charge >= 0.3 is 0 Å². The first-order valence-electron chi connectivity index (χ1n) is 9.68. The maximum absolute atomic E-state index is 12.9. The van der Waals surface area contributed by atoms with E-state index in [4.69, 9.17) is 4.74 Å². The van der Waals surface area contributed by atoms with Crippen LogP contribution in [0.5, 0.6) is 0 Å². The smallest absolute Gasteiger partial charge is 0.142 e. The number of carbonyl (C=O) groups is 1. The summed E-state index contributed by atoms with van der Waals surface area (Å²) in [6.07, 6.45) is 13.1. The second-order valence-electron chi connectivity index (χ2n) is 8.67. The van der Waals surface area contributed by atoms with Gasteiger partial charge in [-0.15, -0.1) is 0 Å². The van der Waals surface area contributed by atoms with E-state index in [-0.39, 0.29) is 5.41 Å². The highest BCUT2D eigenvalue weighted by Gasteiger charge is 2.70. The summed E-state index contributed by atoms with van der Waals surface area (Å²) >= 11 is 0. The van der Waals surface area contributed by atoms with Crippen LogP contribution in [0.4, 0.5) is 0 Å². The van der Waals surface area contributed by atoms with Gasteiger partial charge in [0.15, 0.2) is 0 Å². The van der Waals surface area contributed by atoms with Gasteiger partial charge in [-0.3, -0.25) is 4.79 Å². The first-order chi connectivity index (χ1) is 11.2. The van der Waals surface area contributed by atoms with Gasteiger partial charge in [-0.05, 0) is 79.8 Å². The fraction of sp³-hybridized carbons (Fsp3) is 0.762. The number of allylic oxidation sites excluding steroid dienone is 4. The van der Waals surface area contributed by atoms with Crippen molar-refractivity contribution < 1.29 is 9.53 Å². The predicted molar refractivity (Wildman–Crippen MR) is 89.5 cm³/mol. The van der Waals surface area contributed by atoms with Crippen LogP contribution < -0.4 is 0 Å². The lowest BCUT2D eigenvalue weighted by Crippen LogP contribution is -2.48. The van der Waals surface area contributed by atoms with Gasteiger partial charge in [0.2, 0.25) is 0 Å². The Morgan fingerprint density at radius 3 is 2.87 bits per heavy atom. The van der Waals surface area contributed by atoms with Gasteiger partial charge in [0.25, 0.3) is 0 Å². The molecule has 0 aromatic rings. The Kier molecular flexibility index (Phi) is 2.95. The molecule has 0 N–H and O–H groups in total. The van der Waals surface area contributed by atoms with Crippen molar-refractivity contribution >= 4 is 5.78 Å². The number of carbonyl (C=O) groups excluding carboxylic acids is 1. The minimum Gasteiger partial charge on any atom is -0.501 e. The standard InChI is InChI=1S/C21H28O2/c1-3-21-9-8-15-14-7-5-13(23-2)10-12(14)4-6-16(15)19(21)17-11-18(17)20(21)22/h4,10,14-19H,3,5-9,11H2,1-2H3/t14-,15?,16?,17?,18?,19?,21?/m0/s1. The lowest BCUT2D eigenvalue weighted by Gasteiger charge is -2.52. The zero-order chi connectivity index (χ0) is 15.8. The van der Waals surface area contributed by atoms with Crippen molar-refractivity contribution in [3.63, 3.8) is 0 Å². The average molecular weight is 312 g/mol. The first-order valence-corrected chi connectivity index (χ1v) is 9.68. The van der Waals surface area contributed by atoms with Crippen LogP contribution in [0.15, 0.2) is 23.5 Å². The number of methoxy groups -OCH3 is 1. The van der Waals surface area contributed by atoms with Crippen molar-refractivity contribution in [3.05, 3.63) is 23.5 Å². The molecule has 3 fully saturated rings. The number of Topliss-reactive ketones (excluding diaryl/α,β-unsaturated/α-hetero) is 1. The van der Waals surface area contributed by atoms with Gasteiger partial charge in [0, 0.05) is 17.8 Å². The molecule has 0 bridgehead atoms. The van der Waals surface area contributed by atoms with E-state index in [0.29, 0.717) is 17.6 Å². The Morgan fingerprint density at radius 2 is 2.09 bits per heavy atom. The summed E-state index contributed by atoms with van der Waals surface area (Å²) in [6.45, 7) is 2.27. The van der Waals surface area contributed by atoms with Crippen LogP contribution in [0.3, 0.4) is 0 Å². The highest BCUT2D eigenvalue weighted by molar-refractivity contribution is 5.93. The minimum atomic E-state index is 0.0717. The highest BCUT2D eigenvalue weighted by Crippen LogP contribution is 2.71. The third kappa shape index (κ3) is 1.73. The van der Waals surface area contributed by atoms with Gasteiger partial charge < -0.3 is 4.74 Å². The van der Waals surface area contributed by atoms with Crippen LogP contribution >= 0.6 is 0 Å². The molecular weight excluding hydrogens is 284 g/mol. The monoisotopic (exact) mass is 312 g/mol. The van der Waals surface area contributed by atoms with Gasteiger partial charge in [0.1, 0.15) is 5.78 Å². The molecule has 0 aromatic heterocycles. The zero-order valence-electron chi connectivity index (χ0n) is 14.4. The topological polar surface area (TPSA) is 26.3 Å². The van der Waals surface area contributed by atoms with E-state index in [2.05, 4.69) is 19.1 Å². The van der Waals surface area contributed by atoms with E-state index < -0.39 is 0 Å². The molecule has 3 saturated carbocycles. The van der Waals surface area contributed by atoms with E-state index in [0.717, 1.165) is 42.3 Å². The molecule has 124 valence electrons. The van der Waals surface area contributed by atoms with Crippen LogP contribution in [0.2, 0.25) is 0 Å². The lowest BCUT2D eigenvalue weighted by atomic mass is 9.51. The Bertz CT molecular complexity index is 615. The number of hydrogen-bond donors (Lipinski definition) is 0. The molecule has 6 unspecified atom stereocenters. The number of fused-ring (bicyclic) bond motifs is 7. The fourth-order valence-electron chi connectivity index (χ4n) is 7.12. The average Bonchev–Trinajstić information content (AvgIpc) is 3.34. The quantitative estimate of drug-likeness (QED) is 0.749. The summed E-state index contributed by atoms with van der Waals surface area (Å²) in [5.74, 6) is 6.05. The number of ketones is 1. The third-order valence-electron chi connectivity index (χ3n) is 8.19. The molecule has 0 heterocycles. The summed E-state index contributed by atoms with van der Waals surface area (Å²) in [6, 6.07) is 0.